The van der Waals surface area contributed by atoms with Gasteiger partial charge in [-0.3, -0.25) is 19.4 Å². The minimum absolute atomic E-state index is 0.0745. The highest BCUT2D eigenvalue weighted by atomic mass is 32.1. The molecule has 1 unspecified atom stereocenters. The van der Waals surface area contributed by atoms with Crippen LogP contribution >= 0.6 is 23.6 Å². The maximum atomic E-state index is 13.2. The van der Waals surface area contributed by atoms with Crippen LogP contribution in [0.1, 0.15) is 13.0 Å². The van der Waals surface area contributed by atoms with Gasteiger partial charge in [-0.25, -0.2) is 0 Å². The Kier molecular flexibility index (Phi) is 6.61. The van der Waals surface area contributed by atoms with Crippen LogP contribution in [0.25, 0.3) is 10.7 Å². The first kappa shape index (κ1) is 20.8. The molecule has 1 atom stereocenters. The van der Waals surface area contributed by atoms with Gasteiger partial charge in [0.2, 0.25) is 5.91 Å². The van der Waals surface area contributed by atoms with E-state index in [-0.39, 0.29) is 5.91 Å². The Morgan fingerprint density at radius 2 is 1.97 bits per heavy atom. The molecule has 158 valence electrons. The van der Waals surface area contributed by atoms with Crippen molar-refractivity contribution >= 4 is 29.5 Å². The number of nitrogens with one attached hydrogen (secondary N) is 1. The lowest BCUT2D eigenvalue weighted by Gasteiger charge is -2.36. The summed E-state index contributed by atoms with van der Waals surface area (Å²) in [4.78, 5) is 18.4. The molecule has 0 radical (unpaired) electrons. The smallest absolute Gasteiger partial charge is 0.245 e. The number of carbonyl (C=O) groups is 1. The number of rotatable bonds is 7. The second-order valence-electron chi connectivity index (χ2n) is 7.20. The highest BCUT2D eigenvalue weighted by Crippen LogP contribution is 2.26. The van der Waals surface area contributed by atoms with Gasteiger partial charge in [0.1, 0.15) is 18.4 Å². The van der Waals surface area contributed by atoms with Crippen LogP contribution in [0.5, 0.6) is 5.75 Å². The van der Waals surface area contributed by atoms with E-state index in [2.05, 4.69) is 15.1 Å². The van der Waals surface area contributed by atoms with Crippen molar-refractivity contribution in [3.05, 3.63) is 52.6 Å². The van der Waals surface area contributed by atoms with E-state index in [4.69, 9.17) is 17.0 Å². The summed E-state index contributed by atoms with van der Waals surface area (Å²) in [5.74, 6) is 1.68. The number of amides is 1. The Balaban J connectivity index is 1.31. The van der Waals surface area contributed by atoms with Crippen molar-refractivity contribution in [1.82, 2.24) is 24.6 Å². The van der Waals surface area contributed by atoms with E-state index in [1.165, 1.54) is 0 Å². The van der Waals surface area contributed by atoms with Crippen LogP contribution in [0.4, 0.5) is 0 Å². The molecule has 4 rings (SSSR count). The Morgan fingerprint density at radius 1 is 1.20 bits per heavy atom. The molecule has 1 amide bonds. The summed E-state index contributed by atoms with van der Waals surface area (Å²) in [7, 11) is 0. The number of H-pyrrole nitrogens is 1. The van der Waals surface area contributed by atoms with Gasteiger partial charge >= 0.3 is 0 Å². The molecule has 0 saturated carbocycles. The van der Waals surface area contributed by atoms with E-state index in [1.807, 2.05) is 64.2 Å². The third-order valence-corrected chi connectivity index (χ3v) is 6.45. The van der Waals surface area contributed by atoms with Crippen molar-refractivity contribution in [2.45, 2.75) is 13.0 Å². The van der Waals surface area contributed by atoms with Gasteiger partial charge in [-0.05, 0) is 42.7 Å². The molecular formula is C21H25N5O2S2. The van der Waals surface area contributed by atoms with Crippen molar-refractivity contribution < 1.29 is 9.53 Å². The van der Waals surface area contributed by atoms with Crippen molar-refractivity contribution in [2.24, 2.45) is 0 Å². The Morgan fingerprint density at radius 3 is 2.67 bits per heavy atom. The zero-order chi connectivity index (χ0) is 20.9. The number of hydrogen-bond acceptors (Lipinski definition) is 6. The number of benzene rings is 1. The molecule has 1 aliphatic heterocycles. The minimum atomic E-state index is -0.402. The Bertz CT molecular complexity index is 1010. The van der Waals surface area contributed by atoms with E-state index < -0.39 is 6.04 Å². The molecule has 1 fully saturated rings. The first-order valence-corrected chi connectivity index (χ1v) is 11.3. The van der Waals surface area contributed by atoms with Crippen LogP contribution in [0.2, 0.25) is 0 Å². The SMILES string of the molecule is CC(C(=O)N1CCN(CCOc2ccccc2)CC1)n1c(-c2cccs2)n[nH]c1=S. The van der Waals surface area contributed by atoms with Gasteiger partial charge in [-0.15, -0.1) is 11.3 Å². The predicted molar refractivity (Wildman–Crippen MR) is 120 cm³/mol. The summed E-state index contributed by atoms with van der Waals surface area (Å²) in [5, 5.41) is 9.17. The maximum absolute atomic E-state index is 13.2. The Hall–Kier alpha value is -2.49. The molecule has 1 aromatic carbocycles. The molecule has 30 heavy (non-hydrogen) atoms. The van der Waals surface area contributed by atoms with E-state index in [0.717, 1.165) is 30.3 Å². The van der Waals surface area contributed by atoms with Crippen LogP contribution in [0.3, 0.4) is 0 Å². The van der Waals surface area contributed by atoms with Gasteiger partial charge in [0.05, 0.1) is 4.88 Å². The molecule has 9 heteroatoms. The van der Waals surface area contributed by atoms with Crippen LogP contribution in [0.15, 0.2) is 47.8 Å². The molecule has 0 bridgehead atoms. The minimum Gasteiger partial charge on any atom is -0.492 e. The van der Waals surface area contributed by atoms with Crippen LogP contribution in [0, 0.1) is 4.77 Å². The second kappa shape index (κ2) is 9.55. The van der Waals surface area contributed by atoms with Crippen molar-refractivity contribution in [2.75, 3.05) is 39.3 Å². The topological polar surface area (TPSA) is 66.4 Å². The number of piperazine rings is 1. The summed E-state index contributed by atoms with van der Waals surface area (Å²) in [6, 6.07) is 13.4. The van der Waals surface area contributed by atoms with Gasteiger partial charge in [-0.2, -0.15) is 5.10 Å². The molecule has 1 saturated heterocycles. The lowest BCUT2D eigenvalue weighted by Crippen LogP contribution is -2.51. The molecular weight excluding hydrogens is 418 g/mol. The monoisotopic (exact) mass is 443 g/mol. The van der Waals surface area contributed by atoms with Crippen molar-refractivity contribution in [3.63, 3.8) is 0 Å². The van der Waals surface area contributed by atoms with Gasteiger partial charge in [-0.1, -0.05) is 24.3 Å². The number of aromatic amines is 1. The largest absolute Gasteiger partial charge is 0.492 e. The number of aromatic nitrogens is 3. The fourth-order valence-electron chi connectivity index (χ4n) is 3.62. The number of carbonyl (C=O) groups excluding carboxylic acids is 1. The summed E-state index contributed by atoms with van der Waals surface area (Å²) in [5.41, 5.74) is 0. The van der Waals surface area contributed by atoms with Crippen LogP contribution in [-0.2, 0) is 4.79 Å². The summed E-state index contributed by atoms with van der Waals surface area (Å²) >= 11 is 6.99. The fourth-order valence-corrected chi connectivity index (χ4v) is 4.62. The summed E-state index contributed by atoms with van der Waals surface area (Å²) in [6.07, 6.45) is 0. The number of para-hydroxylation sites is 1. The van der Waals surface area contributed by atoms with Gasteiger partial charge in [0.15, 0.2) is 10.6 Å². The van der Waals surface area contributed by atoms with Gasteiger partial charge in [0.25, 0.3) is 0 Å². The third-order valence-electron chi connectivity index (χ3n) is 5.29. The molecule has 0 aliphatic carbocycles. The average Bonchev–Trinajstić information content (AvgIpc) is 3.44. The van der Waals surface area contributed by atoms with E-state index in [0.29, 0.717) is 30.3 Å². The predicted octanol–water partition coefficient (Wildman–Crippen LogP) is 3.45. The molecule has 0 spiro atoms. The van der Waals surface area contributed by atoms with Crippen LogP contribution < -0.4 is 4.74 Å². The van der Waals surface area contributed by atoms with Crippen molar-refractivity contribution in [1.29, 1.82) is 0 Å². The Labute approximate surface area is 184 Å². The molecule has 1 aliphatic rings. The van der Waals surface area contributed by atoms with Crippen molar-refractivity contribution in [3.8, 4) is 16.5 Å². The zero-order valence-corrected chi connectivity index (χ0v) is 18.5. The fraction of sp³-hybridized carbons (Fsp3) is 0.381. The molecule has 2 aromatic heterocycles. The first-order valence-electron chi connectivity index (χ1n) is 10.0. The van der Waals surface area contributed by atoms with E-state index in [9.17, 15) is 4.79 Å². The number of hydrogen-bond donors (Lipinski definition) is 1. The van der Waals surface area contributed by atoms with Crippen LogP contribution in [-0.4, -0.2) is 69.8 Å². The lowest BCUT2D eigenvalue weighted by molar-refractivity contribution is -0.136. The number of thiophene rings is 1. The molecule has 3 heterocycles. The zero-order valence-electron chi connectivity index (χ0n) is 16.9. The maximum Gasteiger partial charge on any atom is 0.245 e. The summed E-state index contributed by atoms with van der Waals surface area (Å²) in [6.45, 7) is 6.47. The third kappa shape index (κ3) is 4.63. The standard InChI is InChI=1S/C21H25N5O2S2/c1-16(26-19(22-23-21(26)29)18-8-5-15-30-18)20(27)25-11-9-24(10-12-25)13-14-28-17-6-3-2-4-7-17/h2-8,15-16H,9-14H2,1H3,(H,23,29). The van der Waals surface area contributed by atoms with Gasteiger partial charge in [0, 0.05) is 32.7 Å². The summed E-state index contributed by atoms with van der Waals surface area (Å²) < 4.78 is 8.08. The molecule has 3 aromatic rings. The normalized spacial score (nSPS) is 15.8. The molecule has 1 N–H and O–H groups in total. The highest BCUT2D eigenvalue weighted by molar-refractivity contribution is 7.71. The number of nitrogens with zero attached hydrogens (tertiary/aromatic N) is 4. The first-order chi connectivity index (χ1) is 14.6. The quantitative estimate of drug-likeness (QED) is 0.567. The van der Waals surface area contributed by atoms with E-state index in [1.54, 1.807) is 11.3 Å². The highest BCUT2D eigenvalue weighted by Gasteiger charge is 2.28. The number of ether oxygens (including phenoxy) is 1. The molecule has 7 nitrogen and oxygen atoms in total. The van der Waals surface area contributed by atoms with Gasteiger partial charge < -0.3 is 9.64 Å². The lowest BCUT2D eigenvalue weighted by atomic mass is 10.2. The van der Waals surface area contributed by atoms with E-state index >= 15 is 0 Å². The second-order valence-corrected chi connectivity index (χ2v) is 8.54. The average molecular weight is 444 g/mol.